The quantitative estimate of drug-likeness (QED) is 0.194. The summed E-state index contributed by atoms with van der Waals surface area (Å²) in [5.74, 6) is 3.37. The van der Waals surface area contributed by atoms with Gasteiger partial charge >= 0.3 is 0 Å². The zero-order valence-corrected chi connectivity index (χ0v) is 27.4. The van der Waals surface area contributed by atoms with Crippen molar-refractivity contribution in [2.24, 2.45) is 22.7 Å². The van der Waals surface area contributed by atoms with E-state index in [1.807, 2.05) is 0 Å². The molecule has 230 valence electrons. The lowest BCUT2D eigenvalue weighted by Crippen LogP contribution is -2.51. The molecule has 3 heteroatoms. The van der Waals surface area contributed by atoms with Crippen LogP contribution >= 0.6 is 0 Å². The number of hydrogen-bond donors (Lipinski definition) is 0. The minimum atomic E-state index is 0.320. The van der Waals surface area contributed by atoms with Crippen molar-refractivity contribution in [2.45, 2.75) is 77.0 Å². The lowest BCUT2D eigenvalue weighted by Gasteiger charge is -2.60. The van der Waals surface area contributed by atoms with E-state index >= 15 is 0 Å². The molecule has 6 aliphatic carbocycles. The van der Waals surface area contributed by atoms with E-state index in [0.29, 0.717) is 46.3 Å². The van der Waals surface area contributed by atoms with Crippen molar-refractivity contribution in [2.75, 3.05) is 0 Å². The number of pyridine rings is 3. The Morgan fingerprint density at radius 2 is 0.891 bits per heavy atom. The number of aromatic nitrogens is 3. The third kappa shape index (κ3) is 4.20. The molecule has 2 saturated carbocycles. The maximum atomic E-state index is 5.42. The molecule has 46 heavy (non-hydrogen) atoms. The Bertz CT molecular complexity index is 1800. The molecule has 0 aliphatic heterocycles. The molecular formula is C43H43N3. The number of rotatable bonds is 6. The predicted octanol–water partition coefficient (Wildman–Crippen LogP) is 10.1. The second kappa shape index (κ2) is 10.2. The van der Waals surface area contributed by atoms with Gasteiger partial charge in [-0.05, 0) is 107 Å². The fraction of sp³-hybridized carbons (Fsp3) is 0.372. The van der Waals surface area contributed by atoms with Crippen molar-refractivity contribution in [1.82, 2.24) is 15.0 Å². The van der Waals surface area contributed by atoms with Gasteiger partial charge in [-0.15, -0.1) is 0 Å². The van der Waals surface area contributed by atoms with Crippen LogP contribution in [0.1, 0.15) is 97.8 Å². The van der Waals surface area contributed by atoms with Gasteiger partial charge in [-0.25, -0.2) is 4.98 Å². The molecule has 4 bridgehead atoms. The van der Waals surface area contributed by atoms with Gasteiger partial charge in [0.15, 0.2) is 0 Å². The van der Waals surface area contributed by atoms with Gasteiger partial charge in [0, 0.05) is 23.2 Å². The summed E-state index contributed by atoms with van der Waals surface area (Å²) in [6.07, 6.45) is 4.64. The summed E-state index contributed by atoms with van der Waals surface area (Å²) >= 11 is 0. The van der Waals surface area contributed by atoms with Gasteiger partial charge in [0.25, 0.3) is 0 Å². The molecule has 0 amide bonds. The van der Waals surface area contributed by atoms with Crippen molar-refractivity contribution in [3.05, 3.63) is 137 Å². The van der Waals surface area contributed by atoms with Crippen LogP contribution in [-0.4, -0.2) is 15.0 Å². The molecule has 3 nitrogen and oxygen atoms in total. The lowest BCUT2D eigenvalue weighted by atomic mass is 9.44. The highest BCUT2D eigenvalue weighted by Gasteiger charge is 2.58. The Morgan fingerprint density at radius 3 is 1.30 bits per heavy atom. The van der Waals surface area contributed by atoms with Gasteiger partial charge in [-0.3, -0.25) is 9.97 Å². The van der Waals surface area contributed by atoms with E-state index in [1.54, 1.807) is 0 Å². The van der Waals surface area contributed by atoms with E-state index < -0.39 is 0 Å². The summed E-state index contributed by atoms with van der Waals surface area (Å²) in [5, 5.41) is 0. The second-order valence-electron chi connectivity index (χ2n) is 15.8. The van der Waals surface area contributed by atoms with Crippen LogP contribution < -0.4 is 0 Å². The molecule has 5 aromatic rings. The van der Waals surface area contributed by atoms with Gasteiger partial charge in [0.1, 0.15) is 0 Å². The van der Waals surface area contributed by atoms with Crippen LogP contribution in [-0.2, 0) is 12.8 Å². The van der Waals surface area contributed by atoms with Crippen molar-refractivity contribution < 1.29 is 0 Å². The van der Waals surface area contributed by atoms with Gasteiger partial charge in [0.2, 0.25) is 0 Å². The minimum absolute atomic E-state index is 0.320. The summed E-state index contributed by atoms with van der Waals surface area (Å²) in [6.45, 7) is 9.86. The molecule has 11 rings (SSSR count). The fourth-order valence-electron chi connectivity index (χ4n) is 10.1. The Morgan fingerprint density at radius 1 is 0.478 bits per heavy atom. The summed E-state index contributed by atoms with van der Waals surface area (Å²) in [7, 11) is 0. The monoisotopic (exact) mass is 601 g/mol. The fourth-order valence-corrected chi connectivity index (χ4v) is 10.1. The number of nitrogens with zero attached hydrogens (tertiary/aromatic N) is 3. The van der Waals surface area contributed by atoms with E-state index in [1.165, 1.54) is 46.5 Å². The topological polar surface area (TPSA) is 38.7 Å². The molecule has 0 radical (unpaired) electrons. The number of benzene rings is 2. The van der Waals surface area contributed by atoms with Gasteiger partial charge in [0.05, 0.1) is 22.8 Å². The first-order chi connectivity index (χ1) is 22.3. The molecule has 3 heterocycles. The van der Waals surface area contributed by atoms with E-state index in [-0.39, 0.29) is 0 Å². The molecular weight excluding hydrogens is 558 g/mol. The minimum Gasteiger partial charge on any atom is -0.251 e. The average Bonchev–Trinajstić information content (AvgIpc) is 3.08. The average molecular weight is 602 g/mol. The maximum absolute atomic E-state index is 5.42. The van der Waals surface area contributed by atoms with Crippen molar-refractivity contribution >= 4 is 0 Å². The molecule has 2 aromatic carbocycles. The normalized spacial score (nSPS) is 27.5. The summed E-state index contributed by atoms with van der Waals surface area (Å²) in [5.41, 5.74) is 12.8. The SMILES string of the molecule is CC1(C)[C@@H]2C[C@H]1[C@H](Cc1ccccc1)c1nc(-c3cccc(-c4ccc5c(n4)[C@@H](Cc4ccccc4)[C@@H]4C[C@H]5C4(C)C)n3)ccc12. The molecule has 2 fully saturated rings. The van der Waals surface area contributed by atoms with Gasteiger partial charge < -0.3 is 0 Å². The highest BCUT2D eigenvalue weighted by molar-refractivity contribution is 5.64. The summed E-state index contributed by atoms with van der Waals surface area (Å²) in [6, 6.07) is 37.5. The molecule has 0 spiro atoms. The third-order valence-corrected chi connectivity index (χ3v) is 12.9. The standard InChI is InChI=1S/C43H43N3/c1-42(2)32-24-34(42)30(22-26-12-7-5-8-13-26)40-28(32)18-20-38(45-40)36-16-11-17-37(44-36)39-21-19-29-33-25-35(43(33,3)4)31(41(29)46-39)23-27-14-9-6-10-15-27/h5-21,30-35H,22-25H2,1-4H3/t30-,31-,32+,33+,34-,35-/m0/s1. The van der Waals surface area contributed by atoms with Gasteiger partial charge in [-0.2, -0.15) is 0 Å². The smallest absolute Gasteiger partial charge is 0.0894 e. The molecule has 0 unspecified atom stereocenters. The first-order valence-corrected chi connectivity index (χ1v) is 17.4. The molecule has 3 aromatic heterocycles. The summed E-state index contributed by atoms with van der Waals surface area (Å²) in [4.78, 5) is 16.1. The Labute approximate surface area is 273 Å². The lowest BCUT2D eigenvalue weighted by molar-refractivity contribution is -0.00749. The predicted molar refractivity (Wildman–Crippen MR) is 186 cm³/mol. The van der Waals surface area contributed by atoms with E-state index in [0.717, 1.165) is 35.6 Å². The van der Waals surface area contributed by atoms with E-state index in [4.69, 9.17) is 15.0 Å². The van der Waals surface area contributed by atoms with Crippen LogP contribution in [0.4, 0.5) is 0 Å². The van der Waals surface area contributed by atoms with Crippen LogP contribution in [0.15, 0.2) is 103 Å². The molecule has 0 N–H and O–H groups in total. The maximum Gasteiger partial charge on any atom is 0.0894 e. The third-order valence-electron chi connectivity index (χ3n) is 12.9. The molecule has 6 atom stereocenters. The second-order valence-corrected chi connectivity index (χ2v) is 15.8. The molecule has 6 aliphatic rings. The van der Waals surface area contributed by atoms with Crippen molar-refractivity contribution in [1.29, 1.82) is 0 Å². The number of hydrogen-bond acceptors (Lipinski definition) is 3. The largest absolute Gasteiger partial charge is 0.251 e. The van der Waals surface area contributed by atoms with Gasteiger partial charge in [-0.1, -0.05) is 107 Å². The van der Waals surface area contributed by atoms with Crippen LogP contribution in [0.3, 0.4) is 0 Å². The first kappa shape index (κ1) is 28.1. The van der Waals surface area contributed by atoms with Crippen LogP contribution in [0.25, 0.3) is 22.8 Å². The zero-order valence-electron chi connectivity index (χ0n) is 27.4. The van der Waals surface area contributed by atoms with Crippen LogP contribution in [0.5, 0.6) is 0 Å². The van der Waals surface area contributed by atoms with Crippen molar-refractivity contribution in [3.8, 4) is 22.8 Å². The van der Waals surface area contributed by atoms with Crippen molar-refractivity contribution in [3.63, 3.8) is 0 Å². The first-order valence-electron chi connectivity index (χ1n) is 17.4. The Balaban J connectivity index is 1.07. The Kier molecular flexibility index (Phi) is 6.24. The highest BCUT2D eigenvalue weighted by Crippen LogP contribution is 2.68. The Hall–Kier alpha value is -4.11. The van der Waals surface area contributed by atoms with E-state index in [9.17, 15) is 0 Å². The zero-order chi connectivity index (χ0) is 31.2. The van der Waals surface area contributed by atoms with Crippen LogP contribution in [0, 0.1) is 22.7 Å². The van der Waals surface area contributed by atoms with E-state index in [2.05, 4.69) is 131 Å². The summed E-state index contributed by atoms with van der Waals surface area (Å²) < 4.78 is 0. The van der Waals surface area contributed by atoms with Crippen LogP contribution in [0.2, 0.25) is 0 Å². The highest BCUT2D eigenvalue weighted by atomic mass is 14.9. The molecule has 0 saturated heterocycles.